The molecule has 1 amide bonds. The van der Waals surface area contributed by atoms with Gasteiger partial charge in [-0.15, -0.1) is 0 Å². The molecule has 3 N–H and O–H groups in total. The zero-order valence-corrected chi connectivity index (χ0v) is 16.3. The maximum atomic E-state index is 11.1. The number of nitrogens with two attached hydrogens (primary N) is 1. The molecule has 1 aromatic carbocycles. The zero-order valence-electron chi connectivity index (χ0n) is 16.3. The molecule has 0 bridgehead atoms. The monoisotopic (exact) mass is 359 g/mol. The van der Waals surface area contributed by atoms with E-state index in [0.29, 0.717) is 6.61 Å². The van der Waals surface area contributed by atoms with E-state index in [-0.39, 0.29) is 12.0 Å². The van der Waals surface area contributed by atoms with Crippen LogP contribution in [0, 0.1) is 5.41 Å². The number of carbonyl (C=O) groups is 1. The van der Waals surface area contributed by atoms with Crippen molar-refractivity contribution in [2.45, 2.75) is 40.2 Å². The molecule has 0 spiro atoms. The molecule has 0 fully saturated rings. The molecule has 1 aliphatic carbocycles. The van der Waals surface area contributed by atoms with Crippen molar-refractivity contribution in [2.24, 2.45) is 16.1 Å². The van der Waals surface area contributed by atoms with Crippen molar-refractivity contribution in [2.75, 3.05) is 26.1 Å². The number of aliphatic imine (C=N–C) groups is 1. The highest BCUT2D eigenvalue weighted by Gasteiger charge is 2.30. The molecular formula is C20H29N3O3. The highest BCUT2D eigenvalue weighted by molar-refractivity contribution is 6.02. The Morgan fingerprint density at radius 2 is 2.04 bits per heavy atom. The summed E-state index contributed by atoms with van der Waals surface area (Å²) >= 11 is 0. The summed E-state index contributed by atoms with van der Waals surface area (Å²) in [6.45, 7) is 6.94. The Hall–Kier alpha value is -2.34. The van der Waals surface area contributed by atoms with E-state index in [9.17, 15) is 4.79 Å². The molecule has 142 valence electrons. The van der Waals surface area contributed by atoms with Gasteiger partial charge in [-0.25, -0.2) is 0 Å². The average Bonchev–Trinajstić information content (AvgIpc) is 2.57. The molecule has 2 rings (SSSR count). The van der Waals surface area contributed by atoms with Gasteiger partial charge in [0.2, 0.25) is 5.91 Å². The van der Waals surface area contributed by atoms with E-state index >= 15 is 0 Å². The van der Waals surface area contributed by atoms with Crippen LogP contribution in [0.25, 0.3) is 0 Å². The van der Waals surface area contributed by atoms with Crippen molar-refractivity contribution >= 4 is 17.3 Å². The Morgan fingerprint density at radius 1 is 1.31 bits per heavy atom. The molecule has 0 saturated carbocycles. The van der Waals surface area contributed by atoms with E-state index in [1.165, 1.54) is 0 Å². The van der Waals surface area contributed by atoms with Crippen LogP contribution in [-0.4, -0.2) is 32.4 Å². The number of carbonyl (C=O) groups excluding carboxylic acids is 1. The minimum atomic E-state index is -0.414. The molecule has 1 aliphatic rings. The number of primary amides is 1. The summed E-state index contributed by atoms with van der Waals surface area (Å²) in [7, 11) is 3.32. The van der Waals surface area contributed by atoms with Crippen LogP contribution in [0.1, 0.15) is 39.2 Å². The summed E-state index contributed by atoms with van der Waals surface area (Å²) in [5, 5.41) is 3.53. The lowest BCUT2D eigenvalue weighted by Gasteiger charge is -2.34. The predicted molar refractivity (Wildman–Crippen MR) is 105 cm³/mol. The molecule has 0 heterocycles. The Balaban J connectivity index is 2.33. The maximum Gasteiger partial charge on any atom is 0.239 e. The maximum absolute atomic E-state index is 11.1. The van der Waals surface area contributed by atoms with Crippen molar-refractivity contribution in [3.8, 4) is 5.75 Å². The van der Waals surface area contributed by atoms with Gasteiger partial charge in [-0.2, -0.15) is 0 Å². The first-order chi connectivity index (χ1) is 12.3. The van der Waals surface area contributed by atoms with E-state index in [4.69, 9.17) is 15.2 Å². The van der Waals surface area contributed by atoms with Gasteiger partial charge in [0.15, 0.2) is 0 Å². The predicted octanol–water partition coefficient (Wildman–Crippen LogP) is 3.27. The van der Waals surface area contributed by atoms with Crippen LogP contribution in [0.5, 0.6) is 5.75 Å². The number of rotatable bonds is 7. The van der Waals surface area contributed by atoms with Crippen LogP contribution in [0.2, 0.25) is 0 Å². The van der Waals surface area contributed by atoms with E-state index in [1.807, 2.05) is 25.1 Å². The number of nitrogens with one attached hydrogen (secondary N) is 1. The number of hydrogen-bond donors (Lipinski definition) is 2. The Kier molecular flexibility index (Phi) is 6.42. The van der Waals surface area contributed by atoms with Crippen molar-refractivity contribution in [1.82, 2.24) is 0 Å². The van der Waals surface area contributed by atoms with Crippen LogP contribution in [-0.2, 0) is 16.1 Å². The lowest BCUT2D eigenvalue weighted by atomic mass is 9.75. The number of anilines is 1. The second kappa shape index (κ2) is 8.36. The van der Waals surface area contributed by atoms with Crippen LogP contribution >= 0.6 is 0 Å². The van der Waals surface area contributed by atoms with Crippen molar-refractivity contribution in [3.05, 3.63) is 35.0 Å². The number of allylic oxidation sites excluding steroid dienone is 2. The molecule has 0 radical (unpaired) electrons. The lowest BCUT2D eigenvalue weighted by molar-refractivity contribution is -0.116. The second-order valence-electron chi connectivity index (χ2n) is 7.44. The van der Waals surface area contributed by atoms with Crippen molar-refractivity contribution in [1.29, 1.82) is 0 Å². The molecule has 0 unspecified atom stereocenters. The summed E-state index contributed by atoms with van der Waals surface area (Å²) in [6.07, 6.45) is 1.73. The van der Waals surface area contributed by atoms with Gasteiger partial charge in [-0.05, 0) is 49.0 Å². The molecule has 6 heteroatoms. The first-order valence-electron chi connectivity index (χ1n) is 8.70. The minimum Gasteiger partial charge on any atom is -0.496 e. The molecule has 0 aromatic heterocycles. The van der Waals surface area contributed by atoms with E-state index in [0.717, 1.165) is 46.8 Å². The van der Waals surface area contributed by atoms with Gasteiger partial charge in [-0.3, -0.25) is 9.79 Å². The fourth-order valence-electron chi connectivity index (χ4n) is 3.22. The summed E-state index contributed by atoms with van der Waals surface area (Å²) in [4.78, 5) is 15.5. The molecule has 0 saturated heterocycles. The summed E-state index contributed by atoms with van der Waals surface area (Å²) < 4.78 is 10.6. The Labute approximate surface area is 155 Å². The average molecular weight is 359 g/mol. The van der Waals surface area contributed by atoms with Crippen LogP contribution in [0.4, 0.5) is 5.69 Å². The van der Waals surface area contributed by atoms with Crippen molar-refractivity contribution in [3.63, 3.8) is 0 Å². The van der Waals surface area contributed by atoms with Gasteiger partial charge < -0.3 is 20.5 Å². The van der Waals surface area contributed by atoms with E-state index in [2.05, 4.69) is 24.2 Å². The quantitative estimate of drug-likeness (QED) is 0.782. The van der Waals surface area contributed by atoms with E-state index < -0.39 is 5.91 Å². The summed E-state index contributed by atoms with van der Waals surface area (Å²) in [6, 6.07) is 5.95. The van der Waals surface area contributed by atoms with Gasteiger partial charge in [0.05, 0.1) is 13.7 Å². The Bertz CT molecular complexity index is 736. The SMILES string of the molecule is COCc1cc(NC2=C(C)C(=NCC(N)=O)CC(C)(C)C2)ccc1OC. The normalized spacial score (nSPS) is 18.1. The van der Waals surface area contributed by atoms with Gasteiger partial charge >= 0.3 is 0 Å². The molecule has 0 atom stereocenters. The van der Waals surface area contributed by atoms with Gasteiger partial charge in [0, 0.05) is 29.8 Å². The number of hydrogen-bond acceptors (Lipinski definition) is 5. The third-order valence-corrected chi connectivity index (χ3v) is 4.49. The first-order valence-corrected chi connectivity index (χ1v) is 8.70. The summed E-state index contributed by atoms with van der Waals surface area (Å²) in [5.41, 5.74) is 10.4. The van der Waals surface area contributed by atoms with Crippen LogP contribution in [0.3, 0.4) is 0 Å². The third kappa shape index (κ3) is 5.08. The number of methoxy groups -OCH3 is 2. The molecule has 26 heavy (non-hydrogen) atoms. The number of ether oxygens (including phenoxy) is 2. The smallest absolute Gasteiger partial charge is 0.239 e. The zero-order chi connectivity index (χ0) is 19.3. The van der Waals surface area contributed by atoms with Crippen LogP contribution < -0.4 is 15.8 Å². The topological polar surface area (TPSA) is 85.9 Å². The summed E-state index contributed by atoms with van der Waals surface area (Å²) in [5.74, 6) is 0.387. The fourth-order valence-corrected chi connectivity index (χ4v) is 3.22. The standard InChI is InChI=1S/C20H29N3O3/c1-13-16(22-11-19(21)24)9-20(2,3)10-17(13)23-15-6-7-18(26-5)14(8-15)12-25-4/h6-8,23H,9-12H2,1-5H3,(H2,21,24). The van der Waals surface area contributed by atoms with Crippen LogP contribution in [0.15, 0.2) is 34.5 Å². The molecule has 0 aliphatic heterocycles. The number of benzene rings is 1. The molecular weight excluding hydrogens is 330 g/mol. The fraction of sp³-hybridized carbons (Fsp3) is 0.500. The van der Waals surface area contributed by atoms with Crippen molar-refractivity contribution < 1.29 is 14.3 Å². The second-order valence-corrected chi connectivity index (χ2v) is 7.44. The largest absolute Gasteiger partial charge is 0.496 e. The first kappa shape index (κ1) is 20.0. The molecule has 6 nitrogen and oxygen atoms in total. The number of amides is 1. The Morgan fingerprint density at radius 3 is 2.65 bits per heavy atom. The molecule has 1 aromatic rings. The van der Waals surface area contributed by atoms with Gasteiger partial charge in [-0.1, -0.05) is 13.8 Å². The highest BCUT2D eigenvalue weighted by atomic mass is 16.5. The van der Waals surface area contributed by atoms with E-state index in [1.54, 1.807) is 14.2 Å². The number of nitrogens with zero attached hydrogens (tertiary/aromatic N) is 1. The highest BCUT2D eigenvalue weighted by Crippen LogP contribution is 2.38. The van der Waals surface area contributed by atoms with Gasteiger partial charge in [0.25, 0.3) is 0 Å². The lowest BCUT2D eigenvalue weighted by Crippen LogP contribution is -2.28. The van der Waals surface area contributed by atoms with Gasteiger partial charge in [0.1, 0.15) is 12.3 Å². The minimum absolute atomic E-state index is 0.0244. The third-order valence-electron chi connectivity index (χ3n) is 4.49.